The molecule has 0 saturated carbocycles. The van der Waals surface area contributed by atoms with Crippen LogP contribution in [0.4, 0.5) is 5.82 Å². The van der Waals surface area contributed by atoms with E-state index in [0.29, 0.717) is 35.1 Å². The van der Waals surface area contributed by atoms with Crippen molar-refractivity contribution >= 4 is 40.6 Å². The molecule has 0 aliphatic rings. The van der Waals surface area contributed by atoms with Crippen molar-refractivity contribution in [3.05, 3.63) is 21.3 Å². The zero-order chi connectivity index (χ0) is 13.7. The van der Waals surface area contributed by atoms with Gasteiger partial charge in [-0.3, -0.25) is 0 Å². The minimum absolute atomic E-state index is 0.266. The molecule has 0 amide bonds. The van der Waals surface area contributed by atoms with Gasteiger partial charge in [0.25, 0.3) is 0 Å². The van der Waals surface area contributed by atoms with Gasteiger partial charge in [0, 0.05) is 19.7 Å². The summed E-state index contributed by atoms with van der Waals surface area (Å²) in [6.07, 6.45) is 0.974. The highest BCUT2D eigenvalue weighted by molar-refractivity contribution is 6.42. The lowest BCUT2D eigenvalue weighted by molar-refractivity contribution is 0.203. The van der Waals surface area contributed by atoms with Crippen LogP contribution >= 0.6 is 34.8 Å². The van der Waals surface area contributed by atoms with Gasteiger partial charge in [-0.05, 0) is 19.4 Å². The van der Waals surface area contributed by atoms with Gasteiger partial charge in [0.05, 0.1) is 16.7 Å². The molecule has 0 aliphatic carbocycles. The molecule has 0 saturated heterocycles. The molecular formula is C12H17Cl3N2O. The summed E-state index contributed by atoms with van der Waals surface area (Å²) in [5.74, 6) is 0.650. The van der Waals surface area contributed by atoms with E-state index in [1.807, 2.05) is 0 Å². The molecule has 6 heteroatoms. The maximum atomic E-state index is 6.19. The number of halogens is 3. The molecular weight excluding hydrogens is 295 g/mol. The Bertz CT molecular complexity index is 401. The van der Waals surface area contributed by atoms with Gasteiger partial charge < -0.3 is 9.64 Å². The molecule has 18 heavy (non-hydrogen) atoms. The molecule has 0 fully saturated rings. The third kappa shape index (κ3) is 3.89. The molecule has 1 atom stereocenters. The third-order valence-electron chi connectivity index (χ3n) is 2.80. The van der Waals surface area contributed by atoms with Crippen LogP contribution in [0.1, 0.15) is 20.3 Å². The number of hydrogen-bond donors (Lipinski definition) is 0. The molecule has 1 aromatic heterocycles. The first kappa shape index (κ1) is 15.8. The molecule has 0 N–H and O–H groups in total. The number of pyridine rings is 1. The number of rotatable bonds is 6. The zero-order valence-corrected chi connectivity index (χ0v) is 13.0. The number of aromatic nitrogens is 1. The van der Waals surface area contributed by atoms with Gasteiger partial charge >= 0.3 is 0 Å². The van der Waals surface area contributed by atoms with Crippen molar-refractivity contribution in [2.45, 2.75) is 26.3 Å². The third-order valence-corrected chi connectivity index (χ3v) is 3.75. The molecule has 0 aromatic carbocycles. The van der Waals surface area contributed by atoms with Crippen LogP contribution in [0.15, 0.2) is 6.07 Å². The van der Waals surface area contributed by atoms with Crippen LogP contribution in [0, 0.1) is 0 Å². The van der Waals surface area contributed by atoms with Crippen molar-refractivity contribution in [1.82, 2.24) is 4.98 Å². The zero-order valence-electron chi connectivity index (χ0n) is 10.7. The molecule has 0 spiro atoms. The lowest BCUT2D eigenvalue weighted by Crippen LogP contribution is -2.36. The predicted octanol–water partition coefficient (Wildman–Crippen LogP) is 4.29. The lowest BCUT2D eigenvalue weighted by atomic mass is 10.2. The van der Waals surface area contributed by atoms with E-state index >= 15 is 0 Å². The Balaban J connectivity index is 3.07. The topological polar surface area (TPSA) is 25.4 Å². The second kappa shape index (κ2) is 7.39. The summed E-state index contributed by atoms with van der Waals surface area (Å²) >= 11 is 18.0. The van der Waals surface area contributed by atoms with E-state index in [0.717, 1.165) is 6.42 Å². The highest BCUT2D eigenvalue weighted by Crippen LogP contribution is 2.32. The Hall–Kier alpha value is -0.220. The van der Waals surface area contributed by atoms with Crippen LogP contribution < -0.4 is 4.90 Å². The van der Waals surface area contributed by atoms with Crippen LogP contribution in [0.25, 0.3) is 0 Å². The smallest absolute Gasteiger partial charge is 0.150 e. The fourth-order valence-corrected chi connectivity index (χ4v) is 2.18. The molecule has 1 unspecified atom stereocenters. The summed E-state index contributed by atoms with van der Waals surface area (Å²) in [6, 6.07) is 1.91. The van der Waals surface area contributed by atoms with Gasteiger partial charge in [-0.25, -0.2) is 4.98 Å². The lowest BCUT2D eigenvalue weighted by Gasteiger charge is -2.30. The number of nitrogens with zero attached hydrogens (tertiary/aromatic N) is 2. The molecule has 0 bridgehead atoms. The van der Waals surface area contributed by atoms with Crippen molar-refractivity contribution in [3.63, 3.8) is 0 Å². The van der Waals surface area contributed by atoms with E-state index in [2.05, 4.69) is 23.7 Å². The molecule has 0 aliphatic heterocycles. The number of ether oxygens (including phenoxy) is 1. The van der Waals surface area contributed by atoms with Gasteiger partial charge in [-0.1, -0.05) is 41.7 Å². The second-order valence-electron chi connectivity index (χ2n) is 4.01. The molecule has 1 aromatic rings. The monoisotopic (exact) mass is 310 g/mol. The van der Waals surface area contributed by atoms with Crippen molar-refractivity contribution in [2.75, 3.05) is 25.2 Å². The van der Waals surface area contributed by atoms with Crippen LogP contribution in [0.2, 0.25) is 15.2 Å². The summed E-state index contributed by atoms with van der Waals surface area (Å²) in [4.78, 5) is 6.34. The summed E-state index contributed by atoms with van der Waals surface area (Å²) in [7, 11) is 1.67. The summed E-state index contributed by atoms with van der Waals surface area (Å²) in [5.41, 5.74) is 0. The number of anilines is 1. The average Bonchev–Trinajstić information content (AvgIpc) is 2.35. The SMILES string of the molecule is CCC(C)N(CCOC)c1nc(Cl)c(Cl)cc1Cl. The van der Waals surface area contributed by atoms with Crippen LogP contribution in [0.5, 0.6) is 0 Å². The Kier molecular flexibility index (Phi) is 6.50. The Morgan fingerprint density at radius 1 is 1.33 bits per heavy atom. The summed E-state index contributed by atoms with van der Waals surface area (Å²) in [5, 5.41) is 1.13. The minimum atomic E-state index is 0.266. The fourth-order valence-electron chi connectivity index (χ4n) is 1.58. The number of hydrogen-bond acceptors (Lipinski definition) is 3. The van der Waals surface area contributed by atoms with E-state index in [1.165, 1.54) is 0 Å². The van der Waals surface area contributed by atoms with Crippen LogP contribution in [-0.4, -0.2) is 31.3 Å². The largest absolute Gasteiger partial charge is 0.383 e. The molecule has 3 nitrogen and oxygen atoms in total. The van der Waals surface area contributed by atoms with E-state index < -0.39 is 0 Å². The van der Waals surface area contributed by atoms with Gasteiger partial charge in [0.15, 0.2) is 0 Å². The average molecular weight is 312 g/mol. The minimum Gasteiger partial charge on any atom is -0.383 e. The van der Waals surface area contributed by atoms with E-state index in [1.54, 1.807) is 13.2 Å². The van der Waals surface area contributed by atoms with Crippen LogP contribution in [0.3, 0.4) is 0 Å². The van der Waals surface area contributed by atoms with E-state index in [4.69, 9.17) is 39.5 Å². The van der Waals surface area contributed by atoms with Gasteiger partial charge in [0.2, 0.25) is 0 Å². The highest BCUT2D eigenvalue weighted by Gasteiger charge is 2.18. The first-order chi connectivity index (χ1) is 8.51. The Morgan fingerprint density at radius 2 is 2.00 bits per heavy atom. The first-order valence-corrected chi connectivity index (χ1v) is 6.91. The quantitative estimate of drug-likeness (QED) is 0.733. The fraction of sp³-hybridized carbons (Fsp3) is 0.583. The molecule has 0 radical (unpaired) electrons. The highest BCUT2D eigenvalue weighted by atomic mass is 35.5. The maximum absolute atomic E-state index is 6.19. The Labute approximate surface area is 123 Å². The summed E-state index contributed by atoms with van der Waals surface area (Å²) in [6.45, 7) is 5.52. The van der Waals surface area contributed by atoms with Crippen LogP contribution in [-0.2, 0) is 4.74 Å². The van der Waals surface area contributed by atoms with Crippen molar-refractivity contribution in [3.8, 4) is 0 Å². The van der Waals surface area contributed by atoms with Crippen molar-refractivity contribution in [1.29, 1.82) is 0 Å². The van der Waals surface area contributed by atoms with E-state index in [-0.39, 0.29) is 5.15 Å². The standard InChI is InChI=1S/C12H17Cl3N2O/c1-4-8(2)17(5-6-18-3)12-10(14)7-9(13)11(15)16-12/h7-8H,4-6H2,1-3H3. The number of methoxy groups -OCH3 is 1. The maximum Gasteiger partial charge on any atom is 0.150 e. The normalized spacial score (nSPS) is 12.6. The van der Waals surface area contributed by atoms with Crippen molar-refractivity contribution < 1.29 is 4.74 Å². The first-order valence-electron chi connectivity index (χ1n) is 5.78. The van der Waals surface area contributed by atoms with Gasteiger partial charge in [-0.2, -0.15) is 0 Å². The predicted molar refractivity (Wildman–Crippen MR) is 78.2 cm³/mol. The molecule has 102 valence electrons. The Morgan fingerprint density at radius 3 is 2.56 bits per heavy atom. The molecule has 1 rings (SSSR count). The second-order valence-corrected chi connectivity index (χ2v) is 5.18. The van der Waals surface area contributed by atoms with Crippen molar-refractivity contribution in [2.24, 2.45) is 0 Å². The molecule has 1 heterocycles. The van der Waals surface area contributed by atoms with E-state index in [9.17, 15) is 0 Å². The van der Waals surface area contributed by atoms with Gasteiger partial charge in [0.1, 0.15) is 11.0 Å². The van der Waals surface area contributed by atoms with Gasteiger partial charge in [-0.15, -0.1) is 0 Å². The summed E-state index contributed by atoms with van der Waals surface area (Å²) < 4.78 is 5.11.